The minimum absolute atomic E-state index is 0.533. The van der Waals surface area contributed by atoms with E-state index in [2.05, 4.69) is 61.6 Å². The first kappa shape index (κ1) is 20.6. The lowest BCUT2D eigenvalue weighted by Crippen LogP contribution is -2.10. The van der Waals surface area contributed by atoms with E-state index in [1.54, 1.807) is 0 Å². The molecule has 0 amide bonds. The molecular formula is C25H35NO2. The summed E-state index contributed by atoms with van der Waals surface area (Å²) in [6, 6.07) is 16.6. The number of ether oxygens (including phenoxy) is 2. The minimum Gasteiger partial charge on any atom is -0.494 e. The highest BCUT2D eigenvalue weighted by molar-refractivity contribution is 5.47. The predicted octanol–water partition coefficient (Wildman–Crippen LogP) is 6.68. The molecule has 0 unspecified atom stereocenters. The van der Waals surface area contributed by atoms with Gasteiger partial charge in [0.25, 0.3) is 0 Å². The fourth-order valence-electron chi connectivity index (χ4n) is 3.70. The monoisotopic (exact) mass is 381 g/mol. The predicted molar refractivity (Wildman–Crippen MR) is 117 cm³/mol. The zero-order chi connectivity index (χ0) is 19.6. The molecule has 28 heavy (non-hydrogen) atoms. The Morgan fingerprint density at radius 2 is 1.71 bits per heavy atom. The van der Waals surface area contributed by atoms with E-state index in [4.69, 9.17) is 9.47 Å². The second-order valence-corrected chi connectivity index (χ2v) is 8.37. The fourth-order valence-corrected chi connectivity index (χ4v) is 3.70. The largest absolute Gasteiger partial charge is 0.494 e. The molecule has 3 heteroatoms. The molecule has 3 rings (SSSR count). The van der Waals surface area contributed by atoms with Crippen LogP contribution in [0, 0.1) is 11.8 Å². The van der Waals surface area contributed by atoms with Crippen LogP contribution in [0.5, 0.6) is 11.5 Å². The Kier molecular flexibility index (Phi) is 8.07. The van der Waals surface area contributed by atoms with Gasteiger partial charge in [-0.25, -0.2) is 0 Å². The van der Waals surface area contributed by atoms with E-state index in [-0.39, 0.29) is 0 Å². The van der Waals surface area contributed by atoms with Crippen LogP contribution in [0.1, 0.15) is 57.9 Å². The number of rotatable bonds is 10. The highest BCUT2D eigenvalue weighted by Gasteiger charge is 2.13. The average molecular weight is 382 g/mol. The van der Waals surface area contributed by atoms with E-state index in [0.29, 0.717) is 5.92 Å². The molecule has 0 bridgehead atoms. The summed E-state index contributed by atoms with van der Waals surface area (Å²) in [4.78, 5) is 0. The summed E-state index contributed by atoms with van der Waals surface area (Å²) in [5.74, 6) is 3.31. The molecule has 1 N–H and O–H groups in total. The van der Waals surface area contributed by atoms with Crippen molar-refractivity contribution < 1.29 is 9.47 Å². The fraction of sp³-hybridized carbons (Fsp3) is 0.520. The second kappa shape index (κ2) is 11.0. The number of nitrogens with one attached hydrogen (secondary N) is 1. The Morgan fingerprint density at radius 1 is 0.929 bits per heavy atom. The van der Waals surface area contributed by atoms with Crippen LogP contribution in [0.3, 0.4) is 0 Å². The maximum absolute atomic E-state index is 5.94. The Balaban J connectivity index is 1.41. The van der Waals surface area contributed by atoms with Gasteiger partial charge < -0.3 is 14.8 Å². The van der Waals surface area contributed by atoms with Gasteiger partial charge in [-0.15, -0.1) is 0 Å². The molecule has 1 aliphatic rings. The maximum Gasteiger partial charge on any atom is 0.119 e. The van der Waals surface area contributed by atoms with Crippen LogP contribution in [-0.2, 0) is 6.54 Å². The average Bonchev–Trinajstić information content (AvgIpc) is 2.73. The summed E-state index contributed by atoms with van der Waals surface area (Å²) in [7, 11) is 0. The summed E-state index contributed by atoms with van der Waals surface area (Å²) in [5.41, 5.74) is 2.32. The zero-order valence-electron chi connectivity index (χ0n) is 17.5. The lowest BCUT2D eigenvalue weighted by atomic mass is 9.87. The van der Waals surface area contributed by atoms with E-state index in [9.17, 15) is 0 Å². The third-order valence-electron chi connectivity index (χ3n) is 5.35. The molecule has 3 nitrogen and oxygen atoms in total. The van der Waals surface area contributed by atoms with Crippen molar-refractivity contribution in [3.63, 3.8) is 0 Å². The highest BCUT2D eigenvalue weighted by Crippen LogP contribution is 2.26. The van der Waals surface area contributed by atoms with Crippen LogP contribution in [0.15, 0.2) is 48.5 Å². The first-order chi connectivity index (χ1) is 13.7. The van der Waals surface area contributed by atoms with E-state index >= 15 is 0 Å². The van der Waals surface area contributed by atoms with Gasteiger partial charge in [-0.1, -0.05) is 58.1 Å². The van der Waals surface area contributed by atoms with Crippen molar-refractivity contribution >= 4 is 5.69 Å². The third kappa shape index (κ3) is 7.10. The van der Waals surface area contributed by atoms with Crippen LogP contribution in [0.2, 0.25) is 0 Å². The second-order valence-electron chi connectivity index (χ2n) is 8.37. The number of hydrogen-bond acceptors (Lipinski definition) is 3. The van der Waals surface area contributed by atoms with Gasteiger partial charge in [0, 0.05) is 12.2 Å². The Labute approximate surface area is 170 Å². The molecular weight excluding hydrogens is 346 g/mol. The minimum atomic E-state index is 0.533. The van der Waals surface area contributed by atoms with E-state index in [0.717, 1.165) is 42.9 Å². The Morgan fingerprint density at radius 3 is 2.46 bits per heavy atom. The smallest absolute Gasteiger partial charge is 0.119 e. The van der Waals surface area contributed by atoms with Crippen molar-refractivity contribution in [3.05, 3.63) is 54.1 Å². The highest BCUT2D eigenvalue weighted by atomic mass is 16.5. The van der Waals surface area contributed by atoms with Gasteiger partial charge >= 0.3 is 0 Å². The number of benzene rings is 2. The van der Waals surface area contributed by atoms with Crippen LogP contribution in [0.25, 0.3) is 0 Å². The van der Waals surface area contributed by atoms with Crippen molar-refractivity contribution in [2.75, 3.05) is 18.5 Å². The van der Waals surface area contributed by atoms with E-state index in [1.807, 2.05) is 6.07 Å². The van der Waals surface area contributed by atoms with Crippen LogP contribution in [-0.4, -0.2) is 13.2 Å². The molecule has 1 saturated carbocycles. The quantitative estimate of drug-likeness (QED) is 0.498. The normalized spacial score (nSPS) is 14.8. The van der Waals surface area contributed by atoms with E-state index in [1.165, 1.54) is 44.1 Å². The van der Waals surface area contributed by atoms with Gasteiger partial charge in [-0.2, -0.15) is 0 Å². The molecule has 0 spiro atoms. The Hall–Kier alpha value is -2.16. The zero-order valence-corrected chi connectivity index (χ0v) is 17.5. The van der Waals surface area contributed by atoms with Gasteiger partial charge in [0.2, 0.25) is 0 Å². The molecule has 1 fully saturated rings. The lowest BCUT2D eigenvalue weighted by molar-refractivity contribution is 0.246. The molecule has 1 aliphatic carbocycles. The number of hydrogen-bond donors (Lipinski definition) is 1. The standard InChI is InChI=1S/C25H35NO2/c1-20(2)19-28-25-10-6-9-22(17-25)18-26-23-11-13-24(14-12-23)27-16-15-21-7-4-3-5-8-21/h6,9-14,17,20-21,26H,3-5,7-8,15-16,18-19H2,1-2H3. The van der Waals surface area contributed by atoms with Crippen LogP contribution >= 0.6 is 0 Å². The van der Waals surface area contributed by atoms with Crippen LogP contribution in [0.4, 0.5) is 5.69 Å². The maximum atomic E-state index is 5.94. The third-order valence-corrected chi connectivity index (χ3v) is 5.35. The van der Waals surface area contributed by atoms with Gasteiger partial charge in [0.05, 0.1) is 13.2 Å². The van der Waals surface area contributed by atoms with Gasteiger partial charge in [-0.3, -0.25) is 0 Å². The van der Waals surface area contributed by atoms with Crippen LogP contribution < -0.4 is 14.8 Å². The lowest BCUT2D eigenvalue weighted by Gasteiger charge is -2.21. The SMILES string of the molecule is CC(C)COc1cccc(CNc2ccc(OCCC3CCCCC3)cc2)c1. The molecule has 0 heterocycles. The van der Waals surface area contributed by atoms with Crippen molar-refractivity contribution in [1.82, 2.24) is 0 Å². The first-order valence-electron chi connectivity index (χ1n) is 10.9. The molecule has 0 aromatic heterocycles. The summed E-state index contributed by atoms with van der Waals surface area (Å²) in [5, 5.41) is 3.48. The summed E-state index contributed by atoms with van der Waals surface area (Å²) in [6.45, 7) is 6.68. The topological polar surface area (TPSA) is 30.5 Å². The molecule has 152 valence electrons. The van der Waals surface area contributed by atoms with Crippen molar-refractivity contribution in [1.29, 1.82) is 0 Å². The molecule has 0 radical (unpaired) electrons. The van der Waals surface area contributed by atoms with E-state index < -0.39 is 0 Å². The van der Waals surface area contributed by atoms with Gasteiger partial charge in [0.15, 0.2) is 0 Å². The Bertz CT molecular complexity index is 690. The van der Waals surface area contributed by atoms with Crippen molar-refractivity contribution in [3.8, 4) is 11.5 Å². The van der Waals surface area contributed by atoms with Gasteiger partial charge in [0.1, 0.15) is 11.5 Å². The molecule has 2 aromatic carbocycles. The summed E-state index contributed by atoms with van der Waals surface area (Å²) < 4.78 is 11.8. The molecule has 2 aromatic rings. The molecule has 0 aliphatic heterocycles. The van der Waals surface area contributed by atoms with Crippen molar-refractivity contribution in [2.24, 2.45) is 11.8 Å². The van der Waals surface area contributed by atoms with Crippen molar-refractivity contribution in [2.45, 2.75) is 58.9 Å². The first-order valence-corrected chi connectivity index (χ1v) is 10.9. The molecule has 0 saturated heterocycles. The summed E-state index contributed by atoms with van der Waals surface area (Å²) >= 11 is 0. The van der Waals surface area contributed by atoms with Gasteiger partial charge in [-0.05, 0) is 60.2 Å². The summed E-state index contributed by atoms with van der Waals surface area (Å²) in [6.07, 6.45) is 8.18. The number of anilines is 1. The molecule has 0 atom stereocenters.